The first kappa shape index (κ1) is 9.52. The minimum absolute atomic E-state index is 0.614. The van der Waals surface area contributed by atoms with Gasteiger partial charge in [-0.3, -0.25) is 0 Å². The predicted octanol–water partition coefficient (Wildman–Crippen LogP) is 3.32. The third-order valence-corrected chi connectivity index (χ3v) is 7.79. The van der Waals surface area contributed by atoms with Gasteiger partial charge in [0.15, 0.2) is 0 Å². The second-order valence-electron chi connectivity index (χ2n) is 7.51. The minimum Gasteiger partial charge on any atom is -0.151 e. The average molecular weight is 231 g/mol. The summed E-state index contributed by atoms with van der Waals surface area (Å²) in [7, 11) is 0. The van der Waals surface area contributed by atoms with Gasteiger partial charge in [-0.25, -0.2) is 0 Å². The fourth-order valence-corrected chi connectivity index (χ4v) is 7.64. The molecule has 9 unspecified atom stereocenters. The number of nitroso groups, excluding NO2 is 1. The minimum atomic E-state index is 0.614. The zero-order valence-corrected chi connectivity index (χ0v) is 10.5. The maximum atomic E-state index is 10.5. The van der Waals surface area contributed by atoms with Crippen LogP contribution < -0.4 is 0 Å². The molecular formula is C15H21NO. The number of nitrogens with zero attached hydrogens (tertiary/aromatic N) is 1. The van der Waals surface area contributed by atoms with E-state index in [1.807, 2.05) is 0 Å². The molecule has 5 saturated carbocycles. The molecule has 2 nitrogen and oxygen atoms in total. The summed E-state index contributed by atoms with van der Waals surface area (Å²) in [6.07, 6.45) is 5.83. The Bertz CT molecular complexity index is 408. The van der Waals surface area contributed by atoms with Crippen molar-refractivity contribution < 1.29 is 0 Å². The van der Waals surface area contributed by atoms with Crippen molar-refractivity contribution in [2.24, 2.45) is 57.9 Å². The normalized spacial score (nSPS) is 68.5. The topological polar surface area (TPSA) is 29.4 Å². The first-order chi connectivity index (χ1) is 8.34. The van der Waals surface area contributed by atoms with E-state index in [1.54, 1.807) is 12.8 Å². The molecule has 2 heteroatoms. The van der Waals surface area contributed by atoms with Gasteiger partial charge in [-0.05, 0) is 72.0 Å². The van der Waals surface area contributed by atoms with E-state index in [0.29, 0.717) is 12.5 Å². The third kappa shape index (κ3) is 0.736. The fraction of sp³-hybridized carbons (Fsp3) is 1.00. The van der Waals surface area contributed by atoms with Gasteiger partial charge in [0.05, 0.1) is 6.54 Å². The monoisotopic (exact) mass is 231 g/mol. The lowest BCUT2D eigenvalue weighted by Gasteiger charge is -2.70. The molecule has 0 aromatic rings. The van der Waals surface area contributed by atoms with Crippen molar-refractivity contribution in [3.05, 3.63) is 4.91 Å². The van der Waals surface area contributed by atoms with E-state index in [9.17, 15) is 4.91 Å². The van der Waals surface area contributed by atoms with Crippen LogP contribution in [0.25, 0.3) is 0 Å². The van der Waals surface area contributed by atoms with E-state index in [1.165, 1.54) is 12.8 Å². The number of hydrogen-bond acceptors (Lipinski definition) is 2. The summed E-state index contributed by atoms with van der Waals surface area (Å²) in [6.45, 7) is 3.01. The summed E-state index contributed by atoms with van der Waals surface area (Å²) in [5.41, 5.74) is 0.806. The van der Waals surface area contributed by atoms with Crippen LogP contribution >= 0.6 is 0 Å². The van der Waals surface area contributed by atoms with Crippen molar-refractivity contribution in [2.75, 3.05) is 6.54 Å². The molecule has 0 bridgehead atoms. The smallest absolute Gasteiger partial charge is 0.0842 e. The molecule has 0 aromatic heterocycles. The highest BCUT2D eigenvalue weighted by Crippen LogP contribution is 2.90. The maximum Gasteiger partial charge on any atom is 0.0842 e. The predicted molar refractivity (Wildman–Crippen MR) is 65.2 cm³/mol. The number of rotatable bonds is 3. The second-order valence-corrected chi connectivity index (χ2v) is 7.51. The van der Waals surface area contributed by atoms with Crippen molar-refractivity contribution in [1.82, 2.24) is 0 Å². The van der Waals surface area contributed by atoms with Gasteiger partial charge in [-0.15, -0.1) is 0 Å². The van der Waals surface area contributed by atoms with Crippen LogP contribution in [-0.2, 0) is 0 Å². The van der Waals surface area contributed by atoms with Crippen molar-refractivity contribution in [3.63, 3.8) is 0 Å². The molecule has 92 valence electrons. The van der Waals surface area contributed by atoms with Gasteiger partial charge < -0.3 is 0 Å². The molecule has 0 heterocycles. The Morgan fingerprint density at radius 3 is 2.94 bits per heavy atom. The van der Waals surface area contributed by atoms with E-state index >= 15 is 0 Å². The highest BCUT2D eigenvalue weighted by atomic mass is 16.3. The van der Waals surface area contributed by atoms with Crippen LogP contribution in [0.15, 0.2) is 5.18 Å². The molecule has 0 amide bonds. The summed E-state index contributed by atoms with van der Waals surface area (Å²) < 4.78 is 0. The van der Waals surface area contributed by atoms with Crippen LogP contribution in [-0.4, -0.2) is 6.54 Å². The third-order valence-electron chi connectivity index (χ3n) is 7.79. The van der Waals surface area contributed by atoms with Crippen molar-refractivity contribution in [2.45, 2.75) is 32.6 Å². The molecule has 0 saturated heterocycles. The summed E-state index contributed by atoms with van der Waals surface area (Å²) in [4.78, 5) is 10.5. The van der Waals surface area contributed by atoms with Crippen molar-refractivity contribution in [1.29, 1.82) is 0 Å². The molecule has 5 aliphatic rings. The Morgan fingerprint density at radius 1 is 1.29 bits per heavy atom. The average Bonchev–Trinajstić information content (AvgIpc) is 2.82. The summed E-state index contributed by atoms with van der Waals surface area (Å²) in [6, 6.07) is 0. The molecule has 0 radical (unpaired) electrons. The molecule has 9 atom stereocenters. The SMILES string of the molecule is CCC1C2C3CCC4(C5CC(CN=O)C5C14)C32. The zero-order chi connectivity index (χ0) is 11.4. The Balaban J connectivity index is 1.50. The van der Waals surface area contributed by atoms with Gasteiger partial charge in [0.1, 0.15) is 0 Å². The zero-order valence-electron chi connectivity index (χ0n) is 10.5. The highest BCUT2D eigenvalue weighted by Gasteiger charge is 2.86. The number of hydrogen-bond donors (Lipinski definition) is 0. The molecule has 5 rings (SSSR count). The van der Waals surface area contributed by atoms with Gasteiger partial charge in [0.25, 0.3) is 0 Å². The number of fused-ring (bicyclic) bond motifs is 3. The molecule has 0 aromatic carbocycles. The summed E-state index contributed by atoms with van der Waals surface area (Å²) in [5.74, 6) is 8.08. The van der Waals surface area contributed by atoms with E-state index < -0.39 is 0 Å². The van der Waals surface area contributed by atoms with Gasteiger partial charge in [0.2, 0.25) is 0 Å². The van der Waals surface area contributed by atoms with Gasteiger partial charge >= 0.3 is 0 Å². The van der Waals surface area contributed by atoms with Crippen LogP contribution in [0.2, 0.25) is 0 Å². The lowest BCUT2D eigenvalue weighted by Crippen LogP contribution is -2.66. The Labute approximate surface area is 103 Å². The molecule has 5 aliphatic carbocycles. The highest BCUT2D eigenvalue weighted by molar-refractivity contribution is 5.33. The van der Waals surface area contributed by atoms with Crippen molar-refractivity contribution in [3.8, 4) is 0 Å². The largest absolute Gasteiger partial charge is 0.151 e. The van der Waals surface area contributed by atoms with Crippen molar-refractivity contribution >= 4 is 0 Å². The van der Waals surface area contributed by atoms with Gasteiger partial charge in [0, 0.05) is 0 Å². The second kappa shape index (κ2) is 2.62. The van der Waals surface area contributed by atoms with E-state index in [4.69, 9.17) is 0 Å². The van der Waals surface area contributed by atoms with Crippen LogP contribution in [0.5, 0.6) is 0 Å². The molecule has 0 aliphatic heterocycles. The lowest BCUT2D eigenvalue weighted by molar-refractivity contribution is -0.227. The Morgan fingerprint density at radius 2 is 2.18 bits per heavy atom. The van der Waals surface area contributed by atoms with E-state index in [0.717, 1.165) is 46.8 Å². The molecule has 1 spiro atoms. The first-order valence-electron chi connectivity index (χ1n) is 7.63. The Kier molecular flexibility index (Phi) is 1.47. The quantitative estimate of drug-likeness (QED) is 0.685. The van der Waals surface area contributed by atoms with Crippen LogP contribution in [0.4, 0.5) is 0 Å². The summed E-state index contributed by atoms with van der Waals surface area (Å²) >= 11 is 0. The molecule has 0 N–H and O–H groups in total. The maximum absolute atomic E-state index is 10.5. The van der Waals surface area contributed by atoms with E-state index in [2.05, 4.69) is 12.1 Å². The van der Waals surface area contributed by atoms with Crippen LogP contribution in [0.1, 0.15) is 32.6 Å². The molecule has 5 fully saturated rings. The first-order valence-corrected chi connectivity index (χ1v) is 7.63. The summed E-state index contributed by atoms with van der Waals surface area (Å²) in [5, 5.41) is 3.18. The van der Waals surface area contributed by atoms with Gasteiger partial charge in [-0.1, -0.05) is 18.5 Å². The van der Waals surface area contributed by atoms with E-state index in [-0.39, 0.29) is 0 Å². The standard InChI is InChI=1S/C15H21NO/c1-2-8-12-9-3-4-15(14(9)12)10-5-7(6-16-17)11(10)13(8)15/h7-14H,2-6H2,1H3. The molecule has 17 heavy (non-hydrogen) atoms. The lowest BCUT2D eigenvalue weighted by atomic mass is 9.34. The fourth-order valence-electron chi connectivity index (χ4n) is 7.64. The Hall–Kier alpha value is -0.400. The van der Waals surface area contributed by atoms with Crippen LogP contribution in [0.3, 0.4) is 0 Å². The van der Waals surface area contributed by atoms with Crippen LogP contribution in [0, 0.1) is 57.7 Å². The van der Waals surface area contributed by atoms with Gasteiger partial charge in [-0.2, -0.15) is 4.91 Å². The molecular weight excluding hydrogens is 210 g/mol.